The SMILES string of the molecule is COc1cc([C@H]2Oc3c(C/C=C(\C)CCC=C(C)C)c(O)cc(O)c3C[C@H]2OC(=O)c2cc(O)c(O)c(O)c2)cc(O)c1O. The molecule has 4 rings (SSSR count). The quantitative estimate of drug-likeness (QED) is 0.0888. The van der Waals surface area contributed by atoms with Gasteiger partial charge in [-0.25, -0.2) is 4.79 Å². The van der Waals surface area contributed by atoms with E-state index in [1.165, 1.54) is 30.9 Å². The third-order valence-corrected chi connectivity index (χ3v) is 7.36. The third-order valence-electron chi connectivity index (χ3n) is 7.36. The van der Waals surface area contributed by atoms with Gasteiger partial charge in [0.2, 0.25) is 5.75 Å². The van der Waals surface area contributed by atoms with Crippen molar-refractivity contribution in [3.8, 4) is 51.7 Å². The first kappa shape index (κ1) is 31.7. The first-order chi connectivity index (χ1) is 20.8. The lowest BCUT2D eigenvalue weighted by molar-refractivity contribution is -0.0192. The highest BCUT2D eigenvalue weighted by atomic mass is 16.6. The maximum atomic E-state index is 13.2. The van der Waals surface area contributed by atoms with E-state index in [1.54, 1.807) is 0 Å². The number of rotatable bonds is 9. The monoisotopic (exact) mass is 608 g/mol. The summed E-state index contributed by atoms with van der Waals surface area (Å²) in [5.74, 6) is -4.74. The van der Waals surface area contributed by atoms with Crippen LogP contribution in [-0.2, 0) is 17.6 Å². The number of hydrogen-bond acceptors (Lipinski definition) is 11. The summed E-state index contributed by atoms with van der Waals surface area (Å²) in [5, 5.41) is 71.7. The van der Waals surface area contributed by atoms with E-state index in [-0.39, 0.29) is 52.5 Å². The second-order valence-corrected chi connectivity index (χ2v) is 10.9. The van der Waals surface area contributed by atoms with Crippen LogP contribution in [0.1, 0.15) is 66.8 Å². The maximum absolute atomic E-state index is 13.2. The maximum Gasteiger partial charge on any atom is 0.338 e. The van der Waals surface area contributed by atoms with E-state index in [9.17, 15) is 40.5 Å². The van der Waals surface area contributed by atoms with Gasteiger partial charge >= 0.3 is 5.97 Å². The number of hydrogen-bond donors (Lipinski definition) is 7. The molecule has 0 aliphatic carbocycles. The van der Waals surface area contributed by atoms with E-state index in [0.29, 0.717) is 5.56 Å². The fourth-order valence-electron chi connectivity index (χ4n) is 4.98. The summed E-state index contributed by atoms with van der Waals surface area (Å²) in [6, 6.07) is 5.62. The Labute approximate surface area is 254 Å². The van der Waals surface area contributed by atoms with Crippen molar-refractivity contribution in [3.63, 3.8) is 0 Å². The van der Waals surface area contributed by atoms with Crippen LogP contribution in [0.3, 0.4) is 0 Å². The Kier molecular flexibility index (Phi) is 9.37. The van der Waals surface area contributed by atoms with Crippen LogP contribution >= 0.6 is 0 Å². The number of esters is 1. The van der Waals surface area contributed by atoms with Gasteiger partial charge in [-0.3, -0.25) is 0 Å². The molecular weight excluding hydrogens is 572 g/mol. The molecule has 0 spiro atoms. The number of ether oxygens (including phenoxy) is 3. The Morgan fingerprint density at radius 1 is 0.864 bits per heavy atom. The van der Waals surface area contributed by atoms with E-state index in [1.807, 2.05) is 26.8 Å². The topological polar surface area (TPSA) is 186 Å². The second-order valence-electron chi connectivity index (χ2n) is 10.9. The first-order valence-corrected chi connectivity index (χ1v) is 13.9. The summed E-state index contributed by atoms with van der Waals surface area (Å²) in [5.41, 5.74) is 2.90. The highest BCUT2D eigenvalue weighted by Crippen LogP contribution is 2.48. The Hall–Kier alpha value is -5.19. The van der Waals surface area contributed by atoms with E-state index < -0.39 is 46.9 Å². The van der Waals surface area contributed by atoms with E-state index in [2.05, 4.69) is 6.08 Å². The Balaban J connectivity index is 1.77. The normalized spacial score (nSPS) is 16.0. The molecule has 0 fully saturated rings. The lowest BCUT2D eigenvalue weighted by Gasteiger charge is -2.35. The van der Waals surface area contributed by atoms with E-state index in [0.717, 1.165) is 30.5 Å². The molecular formula is C33H36O11. The molecule has 0 bridgehead atoms. The number of carbonyl (C=O) groups excluding carboxylic acids is 1. The van der Waals surface area contributed by atoms with E-state index in [4.69, 9.17) is 14.2 Å². The van der Waals surface area contributed by atoms with Crippen molar-refractivity contribution in [1.82, 2.24) is 0 Å². The van der Waals surface area contributed by atoms with Gasteiger partial charge in [-0.05, 0) is 64.3 Å². The molecule has 0 aromatic heterocycles. The predicted molar refractivity (Wildman–Crippen MR) is 160 cm³/mol. The molecule has 0 unspecified atom stereocenters. The summed E-state index contributed by atoms with van der Waals surface area (Å²) >= 11 is 0. The third kappa shape index (κ3) is 6.72. The molecule has 0 radical (unpaired) electrons. The van der Waals surface area contributed by atoms with Crippen molar-refractivity contribution in [1.29, 1.82) is 0 Å². The summed E-state index contributed by atoms with van der Waals surface area (Å²) in [4.78, 5) is 13.2. The number of phenols is 7. The molecule has 0 saturated heterocycles. The van der Waals surface area contributed by atoms with Gasteiger partial charge in [-0.1, -0.05) is 23.3 Å². The summed E-state index contributed by atoms with van der Waals surface area (Å²) in [6.45, 7) is 6.03. The molecule has 44 heavy (non-hydrogen) atoms. The van der Waals surface area contributed by atoms with Crippen molar-refractivity contribution >= 4 is 5.97 Å². The number of methoxy groups -OCH3 is 1. The number of fused-ring (bicyclic) bond motifs is 1. The highest BCUT2D eigenvalue weighted by Gasteiger charge is 2.39. The van der Waals surface area contributed by atoms with Gasteiger partial charge in [0, 0.05) is 29.2 Å². The molecule has 234 valence electrons. The molecule has 2 atom stereocenters. The van der Waals surface area contributed by atoms with Crippen LogP contribution in [0.2, 0.25) is 0 Å². The molecule has 1 aliphatic heterocycles. The molecule has 1 aliphatic rings. The lowest BCUT2D eigenvalue weighted by Crippen LogP contribution is -2.35. The molecule has 11 nitrogen and oxygen atoms in total. The van der Waals surface area contributed by atoms with Crippen LogP contribution in [0.25, 0.3) is 0 Å². The average molecular weight is 609 g/mol. The smallest absolute Gasteiger partial charge is 0.338 e. The molecule has 3 aromatic rings. The zero-order valence-corrected chi connectivity index (χ0v) is 24.8. The Morgan fingerprint density at radius 3 is 2.16 bits per heavy atom. The molecule has 3 aromatic carbocycles. The minimum Gasteiger partial charge on any atom is -0.507 e. The van der Waals surface area contributed by atoms with Crippen LogP contribution in [-0.4, -0.2) is 54.9 Å². The highest BCUT2D eigenvalue weighted by molar-refractivity contribution is 5.91. The summed E-state index contributed by atoms with van der Waals surface area (Å²) in [6.07, 6.45) is 3.61. The largest absolute Gasteiger partial charge is 0.507 e. The summed E-state index contributed by atoms with van der Waals surface area (Å²) in [7, 11) is 1.29. The average Bonchev–Trinajstić information content (AvgIpc) is 2.96. The number of phenolic OH excluding ortho intramolecular Hbond substituents is 7. The molecule has 7 N–H and O–H groups in total. The van der Waals surface area contributed by atoms with Crippen LogP contribution in [0.15, 0.2) is 53.6 Å². The number of aromatic hydroxyl groups is 7. The van der Waals surface area contributed by atoms with Gasteiger partial charge in [-0.15, -0.1) is 0 Å². The van der Waals surface area contributed by atoms with Gasteiger partial charge in [0.15, 0.2) is 34.9 Å². The van der Waals surface area contributed by atoms with Gasteiger partial charge in [0.05, 0.1) is 12.7 Å². The van der Waals surface area contributed by atoms with Crippen molar-refractivity contribution in [3.05, 3.63) is 75.9 Å². The first-order valence-electron chi connectivity index (χ1n) is 13.9. The van der Waals surface area contributed by atoms with Gasteiger partial charge in [0.1, 0.15) is 23.4 Å². The van der Waals surface area contributed by atoms with Crippen LogP contribution in [0.5, 0.6) is 51.7 Å². The Bertz CT molecular complexity index is 1610. The fourth-order valence-corrected chi connectivity index (χ4v) is 4.98. The zero-order valence-electron chi connectivity index (χ0n) is 24.8. The lowest BCUT2D eigenvalue weighted by atomic mass is 9.90. The summed E-state index contributed by atoms with van der Waals surface area (Å²) < 4.78 is 17.3. The van der Waals surface area contributed by atoms with Crippen LogP contribution < -0.4 is 9.47 Å². The molecule has 0 saturated carbocycles. The standard InChI is InChI=1S/C33H36O11/c1-16(2)6-5-7-17(3)8-9-20-22(34)15-23(35)21-14-28(43-33(41)19-11-24(36)29(39)25(37)12-19)31(44-32(20)21)18-10-26(38)30(40)27(13-18)42-4/h6,8,10-13,15,28,31,34-40H,5,7,9,14H2,1-4H3/b17-8+/t28-,31-/m1/s1. The molecule has 11 heteroatoms. The Morgan fingerprint density at radius 2 is 1.52 bits per heavy atom. The van der Waals surface area contributed by atoms with Gasteiger partial charge in [-0.2, -0.15) is 0 Å². The number of allylic oxidation sites excluding steroid dienone is 4. The van der Waals surface area contributed by atoms with Crippen LogP contribution in [0.4, 0.5) is 0 Å². The minimum absolute atomic E-state index is 0.0817. The van der Waals surface area contributed by atoms with Crippen molar-refractivity contribution in [2.24, 2.45) is 0 Å². The van der Waals surface area contributed by atoms with Crippen molar-refractivity contribution < 1.29 is 54.8 Å². The van der Waals surface area contributed by atoms with Gasteiger partial charge < -0.3 is 50.0 Å². The van der Waals surface area contributed by atoms with Crippen molar-refractivity contribution in [2.45, 2.75) is 58.7 Å². The number of carbonyl (C=O) groups is 1. The van der Waals surface area contributed by atoms with E-state index >= 15 is 0 Å². The van der Waals surface area contributed by atoms with Crippen molar-refractivity contribution in [2.75, 3.05) is 7.11 Å². The van der Waals surface area contributed by atoms with Gasteiger partial charge in [0.25, 0.3) is 0 Å². The minimum atomic E-state index is -1.16. The van der Waals surface area contributed by atoms with Crippen LogP contribution in [0, 0.1) is 0 Å². The second kappa shape index (κ2) is 13.0. The molecule has 1 heterocycles. The predicted octanol–water partition coefficient (Wildman–Crippen LogP) is 5.77. The molecule has 0 amide bonds. The zero-order chi connectivity index (χ0) is 32.3. The number of benzene rings is 3. The fraction of sp³-hybridized carbons (Fsp3) is 0.303.